The predicted octanol–water partition coefficient (Wildman–Crippen LogP) is 2.82. The molecule has 0 spiro atoms. The number of hydrogen-bond donors (Lipinski definition) is 2. The summed E-state index contributed by atoms with van der Waals surface area (Å²) in [7, 11) is 0. The first-order valence-electron chi connectivity index (χ1n) is 8.37. The summed E-state index contributed by atoms with van der Waals surface area (Å²) < 4.78 is 6.03. The Morgan fingerprint density at radius 1 is 0.966 bits per heavy atom. The van der Waals surface area contributed by atoms with E-state index in [2.05, 4.69) is 26.6 Å². The van der Waals surface area contributed by atoms with E-state index in [-0.39, 0.29) is 16.9 Å². The number of carboxylic acid groups (broad SMARTS) is 1. The number of hydrogen-bond acceptors (Lipinski definition) is 5. The van der Waals surface area contributed by atoms with E-state index in [1.54, 1.807) is 36.4 Å². The highest BCUT2D eigenvalue weighted by Crippen LogP contribution is 2.14. The highest BCUT2D eigenvalue weighted by molar-refractivity contribution is 9.10. The van der Waals surface area contributed by atoms with E-state index in [1.165, 1.54) is 36.6 Å². The minimum Gasteiger partial charge on any atom is -0.545 e. The average molecular weight is 454 g/mol. The van der Waals surface area contributed by atoms with Gasteiger partial charge in [-0.25, -0.2) is 0 Å². The molecule has 0 bridgehead atoms. The monoisotopic (exact) mass is 453 g/mol. The van der Waals surface area contributed by atoms with Gasteiger partial charge in [0, 0.05) is 21.8 Å². The summed E-state index contributed by atoms with van der Waals surface area (Å²) in [5.74, 6) is -2.15. The normalized spacial score (nSPS) is 11.0. The number of amides is 2. The summed E-state index contributed by atoms with van der Waals surface area (Å²) in [4.78, 5) is 36.3. The van der Waals surface area contributed by atoms with Gasteiger partial charge >= 0.3 is 0 Å². The van der Waals surface area contributed by atoms with Crippen LogP contribution in [0.2, 0.25) is 0 Å². The SMILES string of the molecule is O=C(Nc1cccc(C(=O)[O-])c1)/C(=C/c1ccco1)NC(=O)c1ccc(Br)cc1. The second-order valence-corrected chi connectivity index (χ2v) is 6.77. The first-order chi connectivity index (χ1) is 13.9. The van der Waals surface area contributed by atoms with Crippen molar-refractivity contribution in [3.63, 3.8) is 0 Å². The Morgan fingerprint density at radius 3 is 2.38 bits per heavy atom. The molecule has 0 aliphatic rings. The van der Waals surface area contributed by atoms with Gasteiger partial charge in [0.15, 0.2) is 0 Å². The number of furan rings is 1. The molecule has 3 aromatic rings. The summed E-state index contributed by atoms with van der Waals surface area (Å²) in [5.41, 5.74) is 0.426. The molecule has 3 rings (SSSR count). The van der Waals surface area contributed by atoms with E-state index in [9.17, 15) is 19.5 Å². The molecule has 0 aliphatic heterocycles. The van der Waals surface area contributed by atoms with Crippen molar-refractivity contribution in [2.24, 2.45) is 0 Å². The van der Waals surface area contributed by atoms with Gasteiger partial charge in [-0.05, 0) is 54.1 Å². The maximum atomic E-state index is 12.7. The summed E-state index contributed by atoms with van der Waals surface area (Å²) in [6.45, 7) is 0. The van der Waals surface area contributed by atoms with Gasteiger partial charge in [-0.3, -0.25) is 9.59 Å². The quantitative estimate of drug-likeness (QED) is 0.557. The van der Waals surface area contributed by atoms with Crippen LogP contribution in [0.1, 0.15) is 26.5 Å². The second kappa shape index (κ2) is 9.03. The van der Waals surface area contributed by atoms with Gasteiger partial charge in [0.1, 0.15) is 11.5 Å². The maximum Gasteiger partial charge on any atom is 0.272 e. The summed E-state index contributed by atoms with van der Waals surface area (Å²) in [5, 5.41) is 16.1. The molecule has 2 amide bonds. The Labute approximate surface area is 174 Å². The van der Waals surface area contributed by atoms with Gasteiger partial charge < -0.3 is 25.0 Å². The third kappa shape index (κ3) is 5.43. The van der Waals surface area contributed by atoms with Gasteiger partial charge in [-0.2, -0.15) is 0 Å². The van der Waals surface area contributed by atoms with Gasteiger partial charge in [0.25, 0.3) is 11.8 Å². The summed E-state index contributed by atoms with van der Waals surface area (Å²) >= 11 is 3.30. The van der Waals surface area contributed by atoms with Crippen molar-refractivity contribution >= 4 is 45.5 Å². The van der Waals surface area contributed by atoms with Crippen molar-refractivity contribution in [2.75, 3.05) is 5.32 Å². The van der Waals surface area contributed by atoms with Crippen molar-refractivity contribution in [2.45, 2.75) is 0 Å². The number of rotatable bonds is 6. The predicted molar refractivity (Wildman–Crippen MR) is 108 cm³/mol. The highest BCUT2D eigenvalue weighted by atomic mass is 79.9. The van der Waals surface area contributed by atoms with Gasteiger partial charge in [0.05, 0.1) is 12.2 Å². The molecule has 146 valence electrons. The molecular weight excluding hydrogens is 440 g/mol. The van der Waals surface area contributed by atoms with Crippen molar-refractivity contribution in [1.29, 1.82) is 0 Å². The van der Waals surface area contributed by atoms with Crippen molar-refractivity contribution in [3.05, 3.63) is 94.0 Å². The van der Waals surface area contributed by atoms with Crippen molar-refractivity contribution < 1.29 is 23.9 Å². The molecule has 2 N–H and O–H groups in total. The van der Waals surface area contributed by atoms with E-state index in [1.807, 2.05) is 0 Å². The van der Waals surface area contributed by atoms with E-state index < -0.39 is 17.8 Å². The molecule has 1 heterocycles. The van der Waals surface area contributed by atoms with Crippen LogP contribution in [0.4, 0.5) is 5.69 Å². The Bertz CT molecular complexity index is 1070. The fourth-order valence-corrected chi connectivity index (χ4v) is 2.66. The number of carbonyl (C=O) groups is 3. The fraction of sp³-hybridized carbons (Fsp3) is 0. The third-order valence-corrected chi connectivity index (χ3v) is 4.31. The first kappa shape index (κ1) is 20.1. The molecule has 8 heteroatoms. The number of carboxylic acids is 1. The van der Waals surface area contributed by atoms with Crippen LogP contribution in [-0.4, -0.2) is 17.8 Å². The molecule has 0 aliphatic carbocycles. The Balaban J connectivity index is 1.84. The number of anilines is 1. The van der Waals surface area contributed by atoms with Crippen LogP contribution >= 0.6 is 15.9 Å². The lowest BCUT2D eigenvalue weighted by Crippen LogP contribution is -2.30. The molecular formula is C21H14BrN2O5-. The lowest BCUT2D eigenvalue weighted by Gasteiger charge is -2.12. The summed E-state index contributed by atoms with van der Waals surface area (Å²) in [6, 6.07) is 15.5. The van der Waals surface area contributed by atoms with Crippen LogP contribution in [0, 0.1) is 0 Å². The lowest BCUT2D eigenvalue weighted by atomic mass is 10.2. The molecule has 0 atom stereocenters. The van der Waals surface area contributed by atoms with Gasteiger partial charge in [-0.15, -0.1) is 0 Å². The number of aromatic carboxylic acids is 1. The van der Waals surface area contributed by atoms with Crippen LogP contribution in [0.15, 0.2) is 81.5 Å². The topological polar surface area (TPSA) is 111 Å². The maximum absolute atomic E-state index is 12.7. The van der Waals surface area contributed by atoms with Crippen molar-refractivity contribution in [1.82, 2.24) is 5.32 Å². The molecule has 29 heavy (non-hydrogen) atoms. The van der Waals surface area contributed by atoms with Crippen LogP contribution < -0.4 is 15.7 Å². The number of benzene rings is 2. The zero-order chi connectivity index (χ0) is 20.8. The molecule has 0 saturated heterocycles. The fourth-order valence-electron chi connectivity index (χ4n) is 2.39. The van der Waals surface area contributed by atoms with Crippen LogP contribution in [0.3, 0.4) is 0 Å². The first-order valence-corrected chi connectivity index (χ1v) is 9.16. The number of halogens is 1. The van der Waals surface area contributed by atoms with Crippen molar-refractivity contribution in [3.8, 4) is 0 Å². The van der Waals surface area contributed by atoms with Gasteiger partial charge in [0.2, 0.25) is 0 Å². The standard InChI is InChI=1S/C21H15BrN2O5/c22-15-8-6-13(7-9-15)19(25)24-18(12-17-5-2-10-29-17)20(26)23-16-4-1-3-14(11-16)21(27)28/h1-12H,(H,23,26)(H,24,25)(H,27,28)/p-1/b18-12-. The number of nitrogens with one attached hydrogen (secondary N) is 2. The lowest BCUT2D eigenvalue weighted by molar-refractivity contribution is -0.255. The van der Waals surface area contributed by atoms with Gasteiger partial charge in [-0.1, -0.05) is 28.1 Å². The molecule has 7 nitrogen and oxygen atoms in total. The Hall–Kier alpha value is -3.65. The smallest absolute Gasteiger partial charge is 0.272 e. The average Bonchev–Trinajstić information content (AvgIpc) is 3.21. The third-order valence-electron chi connectivity index (χ3n) is 3.79. The zero-order valence-corrected chi connectivity index (χ0v) is 16.4. The van der Waals surface area contributed by atoms with Crippen LogP contribution in [0.5, 0.6) is 0 Å². The van der Waals surface area contributed by atoms with E-state index in [4.69, 9.17) is 4.42 Å². The number of carbonyl (C=O) groups excluding carboxylic acids is 3. The van der Waals surface area contributed by atoms with Crippen LogP contribution in [-0.2, 0) is 4.79 Å². The van der Waals surface area contributed by atoms with E-state index >= 15 is 0 Å². The van der Waals surface area contributed by atoms with E-state index in [0.717, 1.165) is 4.47 Å². The summed E-state index contributed by atoms with van der Waals surface area (Å²) in [6.07, 6.45) is 2.80. The molecule has 2 aromatic carbocycles. The highest BCUT2D eigenvalue weighted by Gasteiger charge is 2.16. The Kier molecular flexibility index (Phi) is 6.25. The largest absolute Gasteiger partial charge is 0.545 e. The Morgan fingerprint density at radius 2 is 1.72 bits per heavy atom. The minimum absolute atomic E-state index is 0.0771. The molecule has 0 fully saturated rings. The molecule has 0 radical (unpaired) electrons. The molecule has 1 aromatic heterocycles. The van der Waals surface area contributed by atoms with E-state index in [0.29, 0.717) is 11.3 Å². The zero-order valence-electron chi connectivity index (χ0n) is 14.8. The molecule has 0 unspecified atom stereocenters. The molecule has 0 saturated carbocycles. The van der Waals surface area contributed by atoms with Crippen LogP contribution in [0.25, 0.3) is 6.08 Å². The minimum atomic E-state index is -1.36. The second-order valence-electron chi connectivity index (χ2n) is 5.86.